The Morgan fingerprint density at radius 3 is 2.52 bits per heavy atom. The maximum Gasteiger partial charge on any atom is 0.513 e. The van der Waals surface area contributed by atoms with E-state index in [1.165, 1.54) is 32.2 Å². The van der Waals surface area contributed by atoms with Crippen molar-refractivity contribution in [3.63, 3.8) is 0 Å². The lowest BCUT2D eigenvalue weighted by Crippen LogP contribution is -2.55. The van der Waals surface area contributed by atoms with Crippen LogP contribution in [0.3, 0.4) is 0 Å². The van der Waals surface area contributed by atoms with Crippen molar-refractivity contribution < 1.29 is 36.0 Å². The zero-order valence-electron chi connectivity index (χ0n) is 14.7. The highest BCUT2D eigenvalue weighted by molar-refractivity contribution is 7.89. The highest BCUT2D eigenvalue weighted by Crippen LogP contribution is 2.35. The van der Waals surface area contributed by atoms with Gasteiger partial charge in [-0.05, 0) is 44.7 Å². The van der Waals surface area contributed by atoms with Crippen LogP contribution in [0.5, 0.6) is 5.88 Å². The molecule has 0 atom stereocenters. The second-order valence-corrected chi connectivity index (χ2v) is 8.48. The molecule has 152 valence electrons. The van der Waals surface area contributed by atoms with E-state index in [9.17, 15) is 26.4 Å². The summed E-state index contributed by atoms with van der Waals surface area (Å²) < 4.78 is 68.3. The van der Waals surface area contributed by atoms with Gasteiger partial charge in [0.2, 0.25) is 5.88 Å². The molecule has 1 aromatic heterocycles. The van der Waals surface area contributed by atoms with Gasteiger partial charge in [-0.15, -0.1) is 0 Å². The van der Waals surface area contributed by atoms with Crippen LogP contribution in [0.25, 0.3) is 0 Å². The van der Waals surface area contributed by atoms with Crippen LogP contribution in [0.2, 0.25) is 0 Å². The zero-order valence-corrected chi connectivity index (χ0v) is 15.5. The van der Waals surface area contributed by atoms with Crippen LogP contribution < -0.4 is 10.5 Å². The molecule has 1 saturated carbocycles. The van der Waals surface area contributed by atoms with Gasteiger partial charge in [0, 0.05) is 6.20 Å². The van der Waals surface area contributed by atoms with Crippen LogP contribution >= 0.6 is 0 Å². The van der Waals surface area contributed by atoms with E-state index in [4.69, 9.17) is 15.3 Å². The normalized spacial score (nSPS) is 15.8. The van der Waals surface area contributed by atoms with Gasteiger partial charge in [-0.2, -0.15) is 13.2 Å². The van der Waals surface area contributed by atoms with Crippen LogP contribution in [0.1, 0.15) is 37.0 Å². The third-order valence-corrected chi connectivity index (χ3v) is 5.35. The van der Waals surface area contributed by atoms with Crippen molar-refractivity contribution in [1.82, 2.24) is 9.45 Å². The maximum atomic E-state index is 13.1. The molecular weight excluding hydrogens is 391 g/mol. The van der Waals surface area contributed by atoms with E-state index in [0.717, 1.165) is 12.8 Å². The van der Waals surface area contributed by atoms with E-state index in [2.05, 4.69) is 4.98 Å². The molecule has 1 aliphatic carbocycles. The zero-order chi connectivity index (χ0) is 20.5. The van der Waals surface area contributed by atoms with Gasteiger partial charge in [-0.25, -0.2) is 13.4 Å². The minimum Gasteiger partial charge on any atom is -0.475 e. The van der Waals surface area contributed by atoms with E-state index in [0.29, 0.717) is 0 Å². The average Bonchev–Trinajstić information content (AvgIpc) is 3.36. The number of hydrogen-bond donors (Lipinski definition) is 1. The van der Waals surface area contributed by atoms with Gasteiger partial charge in [0.05, 0.1) is 12.1 Å². The summed E-state index contributed by atoms with van der Waals surface area (Å²) >= 11 is 0. The Hall–Kier alpha value is -1.92. The predicted molar refractivity (Wildman–Crippen MR) is 87.8 cm³/mol. The predicted octanol–water partition coefficient (Wildman–Crippen LogP) is 1.83. The van der Waals surface area contributed by atoms with Crippen molar-refractivity contribution in [3.8, 4) is 5.88 Å². The quantitative estimate of drug-likeness (QED) is 0.621. The standard InChI is InChI=1S/C15H20F3N3O5S/c1-14(2,9-25-13-11(12(19)22)4-3-7-20-13)21(26-8-10-5-6-10)27(23,24)15(16,17)18/h3-4,7,10H,5-6,8-9H2,1-2H3,(H2,19,22). The van der Waals surface area contributed by atoms with Crippen molar-refractivity contribution in [3.05, 3.63) is 23.9 Å². The molecule has 0 spiro atoms. The smallest absolute Gasteiger partial charge is 0.475 e. The van der Waals surface area contributed by atoms with Crippen molar-refractivity contribution >= 4 is 15.9 Å². The van der Waals surface area contributed by atoms with Crippen LogP contribution in [-0.2, 0) is 14.9 Å². The fourth-order valence-electron chi connectivity index (χ4n) is 2.11. The summed E-state index contributed by atoms with van der Waals surface area (Å²) in [5, 5.41) is 0. The molecule has 1 amide bonds. The molecule has 0 bridgehead atoms. The first-order chi connectivity index (χ1) is 12.4. The molecule has 0 unspecified atom stereocenters. The van der Waals surface area contributed by atoms with Gasteiger partial charge in [-0.1, -0.05) is 4.47 Å². The third-order valence-electron chi connectivity index (χ3n) is 3.73. The molecule has 2 N–H and O–H groups in total. The fourth-order valence-corrected chi connectivity index (χ4v) is 3.20. The number of nitrogens with two attached hydrogens (primary N) is 1. The lowest BCUT2D eigenvalue weighted by Gasteiger charge is -2.36. The summed E-state index contributed by atoms with van der Waals surface area (Å²) in [4.78, 5) is 20.2. The number of hydrogen-bond acceptors (Lipinski definition) is 6. The van der Waals surface area contributed by atoms with E-state index < -0.39 is 33.6 Å². The summed E-state index contributed by atoms with van der Waals surface area (Å²) in [5.74, 6) is -1.05. The SMILES string of the molecule is CC(C)(COc1ncccc1C(N)=O)N(OCC1CC1)S(=O)(=O)C(F)(F)F. The number of halogens is 3. The highest BCUT2D eigenvalue weighted by atomic mass is 32.2. The van der Waals surface area contributed by atoms with Crippen molar-refractivity contribution in [1.29, 1.82) is 0 Å². The number of rotatable bonds is 9. The fraction of sp³-hybridized carbons (Fsp3) is 0.600. The number of nitrogens with zero attached hydrogens (tertiary/aromatic N) is 2. The molecule has 2 rings (SSSR count). The average molecular weight is 411 g/mol. The summed E-state index contributed by atoms with van der Waals surface area (Å²) in [7, 11) is -5.78. The van der Waals surface area contributed by atoms with E-state index >= 15 is 0 Å². The van der Waals surface area contributed by atoms with Crippen LogP contribution in [0, 0.1) is 5.92 Å². The summed E-state index contributed by atoms with van der Waals surface area (Å²) in [6.45, 7) is 1.69. The molecule has 12 heteroatoms. The van der Waals surface area contributed by atoms with Gasteiger partial charge in [0.1, 0.15) is 12.2 Å². The van der Waals surface area contributed by atoms with E-state index in [-0.39, 0.29) is 28.4 Å². The second-order valence-electron chi connectivity index (χ2n) is 6.74. The number of pyridine rings is 1. The maximum absolute atomic E-state index is 13.1. The molecule has 1 aromatic rings. The Kier molecular flexibility index (Phi) is 6.02. The van der Waals surface area contributed by atoms with Gasteiger partial charge in [0.25, 0.3) is 5.91 Å². The molecule has 0 aromatic carbocycles. The van der Waals surface area contributed by atoms with Gasteiger partial charge in [-0.3, -0.25) is 9.63 Å². The molecule has 0 radical (unpaired) electrons. The third kappa shape index (κ3) is 5.08. The molecular formula is C15H20F3N3O5S. The first-order valence-corrected chi connectivity index (χ1v) is 9.42. The van der Waals surface area contributed by atoms with Crippen molar-refractivity contribution in [2.24, 2.45) is 11.7 Å². The topological polar surface area (TPSA) is 112 Å². The highest BCUT2D eigenvalue weighted by Gasteiger charge is 2.55. The largest absolute Gasteiger partial charge is 0.513 e. The molecule has 27 heavy (non-hydrogen) atoms. The number of ether oxygens (including phenoxy) is 1. The molecule has 0 aliphatic heterocycles. The molecule has 1 heterocycles. The number of carbonyl (C=O) groups is 1. The van der Waals surface area contributed by atoms with E-state index in [1.807, 2.05) is 0 Å². The van der Waals surface area contributed by atoms with Crippen molar-refractivity contribution in [2.45, 2.75) is 37.7 Å². The Morgan fingerprint density at radius 2 is 2.00 bits per heavy atom. The number of primary amides is 1. The lowest BCUT2D eigenvalue weighted by molar-refractivity contribution is -0.168. The minimum atomic E-state index is -5.78. The number of carbonyl (C=O) groups excluding carboxylic acids is 1. The monoisotopic (exact) mass is 411 g/mol. The van der Waals surface area contributed by atoms with Crippen LogP contribution in [0.15, 0.2) is 18.3 Å². The Morgan fingerprint density at radius 1 is 1.37 bits per heavy atom. The first kappa shape index (κ1) is 21.4. The molecule has 1 fully saturated rings. The summed E-state index contributed by atoms with van der Waals surface area (Å²) in [6.07, 6.45) is 2.81. The number of hydroxylamine groups is 1. The summed E-state index contributed by atoms with van der Waals surface area (Å²) in [6, 6.07) is 2.75. The second kappa shape index (κ2) is 7.60. The summed E-state index contributed by atoms with van der Waals surface area (Å²) in [5.41, 5.74) is -2.20. The van der Waals surface area contributed by atoms with E-state index in [1.54, 1.807) is 0 Å². The first-order valence-electron chi connectivity index (χ1n) is 7.98. The van der Waals surface area contributed by atoms with Crippen LogP contribution in [0.4, 0.5) is 13.2 Å². The molecule has 8 nitrogen and oxygen atoms in total. The van der Waals surface area contributed by atoms with Crippen molar-refractivity contribution in [2.75, 3.05) is 13.2 Å². The minimum absolute atomic E-state index is 0.0184. The number of amides is 1. The molecule has 0 saturated heterocycles. The van der Waals surface area contributed by atoms with Crippen LogP contribution in [-0.4, -0.2) is 48.0 Å². The van der Waals surface area contributed by atoms with Gasteiger partial charge < -0.3 is 10.5 Å². The Balaban J connectivity index is 2.24. The van der Waals surface area contributed by atoms with Gasteiger partial charge >= 0.3 is 15.5 Å². The number of aromatic nitrogens is 1. The number of alkyl halides is 3. The number of sulfonamides is 1. The Labute approximate surface area is 154 Å². The lowest BCUT2D eigenvalue weighted by atomic mass is 10.1. The van der Waals surface area contributed by atoms with Gasteiger partial charge in [0.15, 0.2) is 0 Å². The molecule has 1 aliphatic rings. The Bertz CT molecular complexity index is 794.